The SMILES string of the molecule is COc1ccc(OC)c([Se]C#N)c1. The van der Waals surface area contributed by atoms with E-state index in [-0.39, 0.29) is 15.0 Å². The first-order chi connectivity index (χ1) is 6.31. The standard InChI is InChI=1S/C9H9NO2Se/c1-11-7-3-4-8(12-2)9(5-7)13-6-10/h3-5H,1-2H3. The Morgan fingerprint density at radius 3 is 2.62 bits per heavy atom. The molecule has 0 bridgehead atoms. The van der Waals surface area contributed by atoms with E-state index in [2.05, 4.69) is 4.97 Å². The average molecular weight is 242 g/mol. The Morgan fingerprint density at radius 2 is 2.08 bits per heavy atom. The maximum absolute atomic E-state index is 8.58. The third kappa shape index (κ3) is 2.38. The van der Waals surface area contributed by atoms with Crippen molar-refractivity contribution in [1.82, 2.24) is 0 Å². The summed E-state index contributed by atoms with van der Waals surface area (Å²) in [4.78, 5) is 2.14. The van der Waals surface area contributed by atoms with Crippen molar-refractivity contribution in [3.8, 4) is 16.5 Å². The Labute approximate surface area is 83.4 Å². The fraction of sp³-hybridized carbons (Fsp3) is 0.222. The minimum absolute atomic E-state index is 0.208. The molecule has 1 aromatic carbocycles. The van der Waals surface area contributed by atoms with E-state index < -0.39 is 0 Å². The van der Waals surface area contributed by atoms with Gasteiger partial charge >= 0.3 is 83.0 Å². The van der Waals surface area contributed by atoms with Crippen molar-refractivity contribution in [3.63, 3.8) is 0 Å². The average Bonchev–Trinajstić information content (AvgIpc) is 2.18. The molecule has 3 nitrogen and oxygen atoms in total. The van der Waals surface area contributed by atoms with E-state index >= 15 is 0 Å². The summed E-state index contributed by atoms with van der Waals surface area (Å²) in [5.41, 5.74) is 0. The molecule has 68 valence electrons. The summed E-state index contributed by atoms with van der Waals surface area (Å²) in [6.45, 7) is 0. The zero-order valence-corrected chi connectivity index (χ0v) is 9.12. The van der Waals surface area contributed by atoms with Crippen LogP contribution in [0.4, 0.5) is 0 Å². The summed E-state index contributed by atoms with van der Waals surface area (Å²) in [5, 5.41) is 8.58. The topological polar surface area (TPSA) is 42.2 Å². The molecule has 0 unspecified atom stereocenters. The molecule has 0 heterocycles. The zero-order chi connectivity index (χ0) is 9.68. The molecule has 4 heteroatoms. The van der Waals surface area contributed by atoms with Gasteiger partial charge in [0.2, 0.25) is 0 Å². The summed E-state index contributed by atoms with van der Waals surface area (Å²) in [6.07, 6.45) is 0. The molecule has 1 aromatic rings. The van der Waals surface area contributed by atoms with Gasteiger partial charge in [-0.1, -0.05) is 0 Å². The molecule has 1 rings (SSSR count). The molecule has 0 amide bonds. The van der Waals surface area contributed by atoms with Crippen LogP contribution < -0.4 is 13.9 Å². The molecule has 0 saturated carbocycles. The number of hydrogen-bond acceptors (Lipinski definition) is 3. The van der Waals surface area contributed by atoms with E-state index in [9.17, 15) is 0 Å². The second-order valence-electron chi connectivity index (χ2n) is 2.21. The molecule has 0 aliphatic rings. The molecule has 0 aromatic heterocycles. The van der Waals surface area contributed by atoms with E-state index in [0.29, 0.717) is 0 Å². The van der Waals surface area contributed by atoms with Crippen molar-refractivity contribution in [2.75, 3.05) is 14.2 Å². The van der Waals surface area contributed by atoms with Gasteiger partial charge in [-0.2, -0.15) is 0 Å². The van der Waals surface area contributed by atoms with E-state index in [1.54, 1.807) is 14.2 Å². The van der Waals surface area contributed by atoms with Crippen LogP contribution in [0.2, 0.25) is 0 Å². The van der Waals surface area contributed by atoms with Gasteiger partial charge in [0.1, 0.15) is 0 Å². The van der Waals surface area contributed by atoms with Crippen molar-refractivity contribution in [2.45, 2.75) is 0 Å². The number of ether oxygens (including phenoxy) is 2. The fourth-order valence-corrected chi connectivity index (χ4v) is 2.02. The van der Waals surface area contributed by atoms with E-state index in [1.165, 1.54) is 0 Å². The Balaban J connectivity index is 3.04. The maximum atomic E-state index is 8.58. The molecule has 0 N–H and O–H groups in total. The molecule has 0 fully saturated rings. The van der Waals surface area contributed by atoms with Crippen LogP contribution in [0, 0.1) is 10.2 Å². The van der Waals surface area contributed by atoms with E-state index in [0.717, 1.165) is 16.0 Å². The van der Waals surface area contributed by atoms with Crippen LogP contribution in [0.1, 0.15) is 0 Å². The molecule has 0 saturated heterocycles. The number of rotatable bonds is 3. The number of methoxy groups -OCH3 is 2. The monoisotopic (exact) mass is 243 g/mol. The third-order valence-electron chi connectivity index (χ3n) is 1.53. The fourth-order valence-electron chi connectivity index (χ4n) is 0.913. The second kappa shape index (κ2) is 4.76. The Morgan fingerprint density at radius 1 is 1.31 bits per heavy atom. The van der Waals surface area contributed by atoms with Crippen LogP contribution in [0.3, 0.4) is 0 Å². The molecular weight excluding hydrogens is 233 g/mol. The summed E-state index contributed by atoms with van der Waals surface area (Å²) in [5.74, 6) is 1.51. The third-order valence-corrected chi connectivity index (χ3v) is 2.85. The van der Waals surface area contributed by atoms with Crippen molar-refractivity contribution in [1.29, 1.82) is 5.26 Å². The van der Waals surface area contributed by atoms with Gasteiger partial charge < -0.3 is 0 Å². The predicted molar refractivity (Wildman–Crippen MR) is 50.5 cm³/mol. The van der Waals surface area contributed by atoms with Crippen molar-refractivity contribution in [2.24, 2.45) is 0 Å². The summed E-state index contributed by atoms with van der Waals surface area (Å²) in [7, 11) is 3.20. The predicted octanol–water partition coefficient (Wildman–Crippen LogP) is 0.514. The molecule has 13 heavy (non-hydrogen) atoms. The number of nitrogens with zero attached hydrogens (tertiary/aromatic N) is 1. The number of benzene rings is 1. The number of nitriles is 1. The second-order valence-corrected chi connectivity index (χ2v) is 3.94. The molecular formula is C9H9NO2Se. The Kier molecular flexibility index (Phi) is 3.63. The molecule has 0 atom stereocenters. The van der Waals surface area contributed by atoms with Gasteiger partial charge in [0, 0.05) is 0 Å². The first kappa shape index (κ1) is 9.91. The minimum atomic E-state index is -0.208. The van der Waals surface area contributed by atoms with Gasteiger partial charge in [0.05, 0.1) is 0 Å². The van der Waals surface area contributed by atoms with Gasteiger partial charge in [-0.15, -0.1) is 0 Å². The van der Waals surface area contributed by atoms with Crippen molar-refractivity contribution < 1.29 is 9.47 Å². The number of hydrogen-bond donors (Lipinski definition) is 0. The van der Waals surface area contributed by atoms with Crippen LogP contribution in [0.5, 0.6) is 11.5 Å². The van der Waals surface area contributed by atoms with Gasteiger partial charge in [-0.3, -0.25) is 0 Å². The summed E-state index contributed by atoms with van der Waals surface area (Å²) >= 11 is -0.208. The molecule has 0 radical (unpaired) electrons. The van der Waals surface area contributed by atoms with Gasteiger partial charge in [-0.05, 0) is 0 Å². The van der Waals surface area contributed by atoms with Crippen LogP contribution in [-0.2, 0) is 0 Å². The summed E-state index contributed by atoms with van der Waals surface area (Å²) < 4.78 is 11.1. The first-order valence-electron chi connectivity index (χ1n) is 3.59. The Bertz CT molecular complexity index is 333. The van der Waals surface area contributed by atoms with Crippen molar-refractivity contribution in [3.05, 3.63) is 18.2 Å². The van der Waals surface area contributed by atoms with Crippen LogP contribution in [-0.4, -0.2) is 29.2 Å². The van der Waals surface area contributed by atoms with Crippen LogP contribution >= 0.6 is 0 Å². The van der Waals surface area contributed by atoms with E-state index in [4.69, 9.17) is 14.7 Å². The molecule has 0 aliphatic heterocycles. The van der Waals surface area contributed by atoms with Gasteiger partial charge in [-0.25, -0.2) is 0 Å². The quantitative estimate of drug-likeness (QED) is 0.725. The van der Waals surface area contributed by atoms with Crippen molar-refractivity contribution >= 4 is 19.4 Å². The zero-order valence-electron chi connectivity index (χ0n) is 7.40. The van der Waals surface area contributed by atoms with Gasteiger partial charge in [0.15, 0.2) is 0 Å². The first-order valence-corrected chi connectivity index (χ1v) is 5.31. The molecule has 0 aliphatic carbocycles. The molecule has 0 spiro atoms. The van der Waals surface area contributed by atoms with Gasteiger partial charge in [0.25, 0.3) is 0 Å². The summed E-state index contributed by atoms with van der Waals surface area (Å²) in [6, 6.07) is 5.46. The normalized spacial score (nSPS) is 9.00. The van der Waals surface area contributed by atoms with E-state index in [1.807, 2.05) is 18.2 Å². The Hall–Kier alpha value is -1.17. The van der Waals surface area contributed by atoms with Crippen LogP contribution in [0.25, 0.3) is 0 Å². The van der Waals surface area contributed by atoms with Crippen LogP contribution in [0.15, 0.2) is 18.2 Å².